The molecule has 0 amide bonds. The van der Waals surface area contributed by atoms with E-state index in [0.29, 0.717) is 19.0 Å². The molecular weight excluding hydrogens is 348 g/mol. The molecule has 2 N–H and O–H groups in total. The summed E-state index contributed by atoms with van der Waals surface area (Å²) in [4.78, 5) is 0. The highest BCUT2D eigenvalue weighted by Crippen LogP contribution is 2.31. The van der Waals surface area contributed by atoms with Crippen LogP contribution in [-0.2, 0) is 0 Å². The highest BCUT2D eigenvalue weighted by Gasteiger charge is 2.06. The van der Waals surface area contributed by atoms with Gasteiger partial charge in [0.25, 0.3) is 0 Å². The van der Waals surface area contributed by atoms with Crippen LogP contribution in [0.4, 0.5) is 0 Å². The molecule has 0 spiro atoms. The number of hydrogen-bond acceptors (Lipinski definition) is 7. The van der Waals surface area contributed by atoms with E-state index in [2.05, 4.69) is 0 Å². The van der Waals surface area contributed by atoms with Crippen LogP contribution in [0.25, 0.3) is 0 Å². The lowest BCUT2D eigenvalue weighted by atomic mass is 10.3. The molecule has 0 aliphatic carbocycles. The second kappa shape index (κ2) is 14.6. The van der Waals surface area contributed by atoms with Gasteiger partial charge in [0.05, 0.1) is 33.5 Å². The zero-order chi connectivity index (χ0) is 17.5. The van der Waals surface area contributed by atoms with E-state index in [-0.39, 0.29) is 13.2 Å². The average molecular weight is 377 g/mol. The standard InChI is InChI=1S/C17H28O5S2/c1-20-17-14-15(21-8-2-10-23-12-6-18)4-5-16(17)22-9-3-11-24-13-7-19/h4-5,14,18-19H,2-3,6-13H2,1H3. The summed E-state index contributed by atoms with van der Waals surface area (Å²) >= 11 is 3.44. The first-order chi connectivity index (χ1) is 11.8. The number of benzene rings is 1. The Bertz CT molecular complexity index is 431. The Balaban J connectivity index is 2.30. The largest absolute Gasteiger partial charge is 0.493 e. The van der Waals surface area contributed by atoms with Crippen LogP contribution in [0.3, 0.4) is 0 Å². The number of hydrogen-bond donors (Lipinski definition) is 2. The first-order valence-corrected chi connectivity index (χ1v) is 10.4. The first-order valence-electron chi connectivity index (χ1n) is 8.12. The third-order valence-electron chi connectivity index (χ3n) is 3.00. The van der Waals surface area contributed by atoms with E-state index in [1.807, 2.05) is 18.2 Å². The summed E-state index contributed by atoms with van der Waals surface area (Å²) in [6.07, 6.45) is 1.87. The van der Waals surface area contributed by atoms with E-state index < -0.39 is 0 Å². The van der Waals surface area contributed by atoms with Crippen LogP contribution < -0.4 is 14.2 Å². The van der Waals surface area contributed by atoms with Gasteiger partial charge in [0.15, 0.2) is 11.5 Å². The fourth-order valence-corrected chi connectivity index (χ4v) is 3.19. The van der Waals surface area contributed by atoms with Crippen LogP contribution in [0.15, 0.2) is 18.2 Å². The highest BCUT2D eigenvalue weighted by molar-refractivity contribution is 7.99. The van der Waals surface area contributed by atoms with Gasteiger partial charge in [-0.15, -0.1) is 0 Å². The summed E-state index contributed by atoms with van der Waals surface area (Å²) < 4.78 is 16.8. The molecule has 1 aromatic rings. The molecule has 5 nitrogen and oxygen atoms in total. The Morgan fingerprint density at radius 3 is 2.04 bits per heavy atom. The Morgan fingerprint density at radius 1 is 0.833 bits per heavy atom. The van der Waals surface area contributed by atoms with E-state index in [9.17, 15) is 0 Å². The van der Waals surface area contributed by atoms with Crippen molar-refractivity contribution in [2.45, 2.75) is 12.8 Å². The molecule has 0 heterocycles. The lowest BCUT2D eigenvalue weighted by molar-refractivity contribution is 0.288. The fourth-order valence-electron chi connectivity index (χ4n) is 1.88. The lowest BCUT2D eigenvalue weighted by Gasteiger charge is -2.13. The van der Waals surface area contributed by atoms with Crippen LogP contribution in [0.2, 0.25) is 0 Å². The van der Waals surface area contributed by atoms with Crippen molar-refractivity contribution in [3.05, 3.63) is 18.2 Å². The molecule has 0 aromatic heterocycles. The number of aliphatic hydroxyl groups excluding tert-OH is 2. The van der Waals surface area contributed by atoms with E-state index >= 15 is 0 Å². The van der Waals surface area contributed by atoms with Gasteiger partial charge in [0.2, 0.25) is 0 Å². The van der Waals surface area contributed by atoms with E-state index in [1.54, 1.807) is 30.6 Å². The van der Waals surface area contributed by atoms with Crippen LogP contribution in [0.5, 0.6) is 17.2 Å². The van der Waals surface area contributed by atoms with Gasteiger partial charge in [-0.2, -0.15) is 23.5 Å². The summed E-state index contributed by atoms with van der Waals surface area (Å²) in [6, 6.07) is 5.60. The quantitative estimate of drug-likeness (QED) is 0.456. The monoisotopic (exact) mass is 376 g/mol. The van der Waals surface area contributed by atoms with Crippen molar-refractivity contribution < 1.29 is 24.4 Å². The fraction of sp³-hybridized carbons (Fsp3) is 0.647. The minimum absolute atomic E-state index is 0.223. The van der Waals surface area contributed by atoms with Gasteiger partial charge in [-0.3, -0.25) is 0 Å². The highest BCUT2D eigenvalue weighted by atomic mass is 32.2. The zero-order valence-electron chi connectivity index (χ0n) is 14.2. The molecule has 0 radical (unpaired) electrons. The Labute approximate surface area is 153 Å². The maximum absolute atomic E-state index is 8.72. The van der Waals surface area contributed by atoms with Gasteiger partial charge >= 0.3 is 0 Å². The number of ether oxygens (including phenoxy) is 3. The van der Waals surface area contributed by atoms with Crippen molar-refractivity contribution in [3.8, 4) is 17.2 Å². The normalized spacial score (nSPS) is 10.6. The smallest absolute Gasteiger partial charge is 0.164 e. The summed E-state index contributed by atoms with van der Waals surface area (Å²) in [5, 5.41) is 17.4. The van der Waals surface area contributed by atoms with Gasteiger partial charge in [0.1, 0.15) is 5.75 Å². The van der Waals surface area contributed by atoms with Gasteiger partial charge in [-0.1, -0.05) is 0 Å². The minimum Gasteiger partial charge on any atom is -0.493 e. The number of rotatable bonds is 15. The molecule has 0 aliphatic heterocycles. The summed E-state index contributed by atoms with van der Waals surface area (Å²) in [5.74, 6) is 5.66. The van der Waals surface area contributed by atoms with E-state index in [0.717, 1.165) is 47.4 Å². The molecule has 0 atom stereocenters. The van der Waals surface area contributed by atoms with Crippen molar-refractivity contribution in [2.75, 3.05) is 56.5 Å². The molecule has 0 saturated carbocycles. The molecule has 7 heteroatoms. The predicted molar refractivity (Wildman–Crippen MR) is 102 cm³/mol. The van der Waals surface area contributed by atoms with Crippen LogP contribution >= 0.6 is 23.5 Å². The molecule has 0 aliphatic rings. The van der Waals surface area contributed by atoms with Gasteiger partial charge in [0, 0.05) is 17.6 Å². The molecule has 1 rings (SSSR count). The maximum Gasteiger partial charge on any atom is 0.164 e. The molecule has 0 bridgehead atoms. The zero-order valence-corrected chi connectivity index (χ0v) is 15.9. The van der Waals surface area contributed by atoms with Gasteiger partial charge in [-0.05, 0) is 36.5 Å². The summed E-state index contributed by atoms with van der Waals surface area (Å²) in [7, 11) is 1.62. The topological polar surface area (TPSA) is 68.2 Å². The van der Waals surface area contributed by atoms with E-state index in [4.69, 9.17) is 24.4 Å². The summed E-state index contributed by atoms with van der Waals surface area (Å²) in [6.45, 7) is 1.71. The van der Waals surface area contributed by atoms with Crippen LogP contribution in [-0.4, -0.2) is 66.8 Å². The second-order valence-electron chi connectivity index (χ2n) is 4.89. The maximum atomic E-state index is 8.72. The average Bonchev–Trinajstić information content (AvgIpc) is 2.61. The Hall–Kier alpha value is -0.760. The predicted octanol–water partition coefficient (Wildman–Crippen LogP) is 2.68. The first kappa shape index (κ1) is 21.3. The van der Waals surface area contributed by atoms with Crippen LogP contribution in [0, 0.1) is 0 Å². The van der Waals surface area contributed by atoms with Crippen molar-refractivity contribution in [1.82, 2.24) is 0 Å². The molecule has 138 valence electrons. The van der Waals surface area contributed by atoms with Crippen molar-refractivity contribution in [2.24, 2.45) is 0 Å². The third kappa shape index (κ3) is 9.52. The van der Waals surface area contributed by atoms with Crippen molar-refractivity contribution >= 4 is 23.5 Å². The van der Waals surface area contributed by atoms with E-state index in [1.165, 1.54) is 0 Å². The Kier molecular flexibility index (Phi) is 12.9. The number of aliphatic hydroxyl groups is 2. The molecule has 0 saturated heterocycles. The van der Waals surface area contributed by atoms with Gasteiger partial charge < -0.3 is 24.4 Å². The second-order valence-corrected chi connectivity index (χ2v) is 7.34. The lowest BCUT2D eigenvalue weighted by Crippen LogP contribution is -2.03. The summed E-state index contributed by atoms with van der Waals surface area (Å²) in [5.41, 5.74) is 0. The molecule has 1 aromatic carbocycles. The number of thioether (sulfide) groups is 2. The molecule has 0 fully saturated rings. The van der Waals surface area contributed by atoms with Crippen molar-refractivity contribution in [3.63, 3.8) is 0 Å². The molecular formula is C17H28O5S2. The van der Waals surface area contributed by atoms with Gasteiger partial charge in [-0.25, -0.2) is 0 Å². The number of methoxy groups -OCH3 is 1. The molecule has 24 heavy (non-hydrogen) atoms. The Morgan fingerprint density at radius 2 is 1.46 bits per heavy atom. The SMILES string of the molecule is COc1cc(OCCCSCCO)ccc1OCCCSCCO. The molecule has 0 unspecified atom stereocenters. The third-order valence-corrected chi connectivity index (χ3v) is 5.10. The van der Waals surface area contributed by atoms with Crippen molar-refractivity contribution in [1.29, 1.82) is 0 Å². The minimum atomic E-state index is 0.223. The van der Waals surface area contributed by atoms with Crippen LogP contribution in [0.1, 0.15) is 12.8 Å².